The van der Waals surface area contributed by atoms with Crippen molar-refractivity contribution >= 4 is 32.9 Å². The lowest BCUT2D eigenvalue weighted by molar-refractivity contribution is 0.420. The Morgan fingerprint density at radius 3 is 1.51 bits per heavy atom. The summed E-state index contributed by atoms with van der Waals surface area (Å²) in [7, 11) is 0. The van der Waals surface area contributed by atoms with Gasteiger partial charge in [0.25, 0.3) is 0 Å². The van der Waals surface area contributed by atoms with Crippen LogP contribution < -0.4 is 15.3 Å². The van der Waals surface area contributed by atoms with E-state index in [1.165, 1.54) is 0 Å². The van der Waals surface area contributed by atoms with Crippen LogP contribution in [0.15, 0.2) is 100 Å². The van der Waals surface area contributed by atoms with Gasteiger partial charge in [0.2, 0.25) is 11.5 Å². The lowest BCUT2D eigenvalue weighted by atomic mass is 9.97. The first-order valence-corrected chi connectivity index (χ1v) is 10.5. The van der Waals surface area contributed by atoms with Gasteiger partial charge in [-0.05, 0) is 24.3 Å². The normalized spacial score (nSPS) is 11.2. The second kappa shape index (κ2) is 8.99. The fraction of sp³-hybridized carbons (Fsp3) is 0. The molecule has 0 aliphatic carbocycles. The molecule has 0 radical (unpaired) electrons. The van der Waals surface area contributed by atoms with Crippen molar-refractivity contribution in [2.75, 3.05) is 0 Å². The molecule has 0 fully saturated rings. The maximum atomic E-state index is 11.3. The van der Waals surface area contributed by atoms with Gasteiger partial charge < -0.3 is 25.5 Å². The molecule has 9 nitrogen and oxygen atoms in total. The quantitative estimate of drug-likeness (QED) is 0.0670. The molecular weight excluding hydrogens is 446 g/mol. The molecule has 0 spiro atoms. The summed E-state index contributed by atoms with van der Waals surface area (Å²) in [6.45, 7) is 0. The van der Waals surface area contributed by atoms with Crippen LogP contribution in [0.3, 0.4) is 0 Å². The van der Waals surface area contributed by atoms with Crippen LogP contribution in [-0.4, -0.2) is 10.2 Å². The van der Waals surface area contributed by atoms with Crippen molar-refractivity contribution in [3.63, 3.8) is 0 Å². The van der Waals surface area contributed by atoms with Crippen LogP contribution >= 0.6 is 0 Å². The lowest BCUT2D eigenvalue weighted by Gasteiger charge is -2.20. The van der Waals surface area contributed by atoms with Gasteiger partial charge in [-0.2, -0.15) is 5.11 Å². The molecule has 35 heavy (non-hydrogen) atoms. The fourth-order valence-corrected chi connectivity index (χ4v) is 3.97. The highest BCUT2D eigenvalue weighted by Crippen LogP contribution is 2.59. The number of hydrogen-bond donors (Lipinski definition) is 4. The van der Waals surface area contributed by atoms with Crippen LogP contribution in [-0.2, 0) is 0 Å². The number of nitrogens with two attached hydrogens (primary N) is 1. The van der Waals surface area contributed by atoms with E-state index in [-0.39, 0.29) is 45.1 Å². The summed E-state index contributed by atoms with van der Waals surface area (Å²) in [5, 5.41) is 34.5. The SMILES string of the molecule is N=Nc1c(Oc2ccccc2)c(Oc2ccccc2)c(N=NN)c2c(O)c3ccccc3c(O)c12. The zero-order chi connectivity index (χ0) is 24.4. The van der Waals surface area contributed by atoms with Crippen LogP contribution in [0, 0.1) is 5.53 Å². The van der Waals surface area contributed by atoms with Gasteiger partial charge in [-0.25, -0.2) is 5.53 Å². The van der Waals surface area contributed by atoms with Crippen LogP contribution in [0.4, 0.5) is 11.4 Å². The predicted molar refractivity (Wildman–Crippen MR) is 131 cm³/mol. The van der Waals surface area contributed by atoms with Crippen molar-refractivity contribution in [2.45, 2.75) is 0 Å². The van der Waals surface area contributed by atoms with Crippen molar-refractivity contribution in [3.05, 3.63) is 84.9 Å². The molecule has 172 valence electrons. The number of ether oxygens (including phenoxy) is 2. The second-order valence-electron chi connectivity index (χ2n) is 7.51. The smallest absolute Gasteiger partial charge is 0.200 e. The third kappa shape index (κ3) is 3.70. The largest absolute Gasteiger partial charge is 0.507 e. The summed E-state index contributed by atoms with van der Waals surface area (Å²) in [6.07, 6.45) is 0. The Morgan fingerprint density at radius 1 is 0.629 bits per heavy atom. The molecule has 5 aromatic carbocycles. The molecule has 0 aromatic heterocycles. The Hall–Kier alpha value is -5.18. The van der Waals surface area contributed by atoms with Crippen molar-refractivity contribution in [1.82, 2.24) is 0 Å². The second-order valence-corrected chi connectivity index (χ2v) is 7.51. The summed E-state index contributed by atoms with van der Waals surface area (Å²) in [5.74, 6) is 5.89. The van der Waals surface area contributed by atoms with E-state index in [1.807, 2.05) is 12.1 Å². The molecular formula is C26H19N5O4. The number of nitrogens with one attached hydrogen (secondary N) is 1. The number of rotatable bonds is 6. The van der Waals surface area contributed by atoms with Gasteiger partial charge in [-0.15, -0.1) is 5.11 Å². The monoisotopic (exact) mass is 465 g/mol. The highest BCUT2D eigenvalue weighted by atomic mass is 16.5. The highest BCUT2D eigenvalue weighted by Gasteiger charge is 2.29. The van der Waals surface area contributed by atoms with Crippen molar-refractivity contribution in [3.8, 4) is 34.5 Å². The highest BCUT2D eigenvalue weighted by molar-refractivity contribution is 6.20. The Morgan fingerprint density at radius 2 is 1.06 bits per heavy atom. The molecule has 0 aliphatic heterocycles. The minimum atomic E-state index is -0.211. The van der Waals surface area contributed by atoms with Gasteiger partial charge in [-0.3, -0.25) is 0 Å². The van der Waals surface area contributed by atoms with Gasteiger partial charge >= 0.3 is 0 Å². The van der Waals surface area contributed by atoms with E-state index in [4.69, 9.17) is 20.8 Å². The Bertz CT molecular complexity index is 1590. The van der Waals surface area contributed by atoms with Gasteiger partial charge in [0.15, 0.2) is 0 Å². The van der Waals surface area contributed by atoms with Gasteiger partial charge in [0.1, 0.15) is 34.4 Å². The van der Waals surface area contributed by atoms with E-state index in [0.29, 0.717) is 22.3 Å². The van der Waals surface area contributed by atoms with E-state index < -0.39 is 0 Å². The molecule has 0 atom stereocenters. The number of nitrogens with zero attached hydrogens (tertiary/aromatic N) is 3. The van der Waals surface area contributed by atoms with Crippen molar-refractivity contribution < 1.29 is 19.7 Å². The van der Waals surface area contributed by atoms with Crippen LogP contribution in [0.1, 0.15) is 0 Å². The summed E-state index contributed by atoms with van der Waals surface area (Å²) in [4.78, 5) is 0. The standard InChI is InChI=1S/C26H19N5O4/c27-29-21-19-20(24(33)18-14-8-7-13-17(18)23(19)32)22(30-31-28)26(35-16-11-5-2-6-12-16)25(21)34-15-9-3-1-4-10-15/h1-14,27,32-33H,(H2,28,30). The van der Waals surface area contributed by atoms with Gasteiger partial charge in [0.05, 0.1) is 10.8 Å². The molecule has 9 heteroatoms. The van der Waals surface area contributed by atoms with E-state index in [1.54, 1.807) is 72.8 Å². The molecule has 5 aromatic rings. The third-order valence-electron chi connectivity index (χ3n) is 5.47. The summed E-state index contributed by atoms with van der Waals surface area (Å²) in [5.41, 5.74) is 7.91. The molecule has 0 aliphatic rings. The fourth-order valence-electron chi connectivity index (χ4n) is 3.97. The lowest BCUT2D eigenvalue weighted by Crippen LogP contribution is -1.95. The zero-order valence-corrected chi connectivity index (χ0v) is 18.2. The van der Waals surface area contributed by atoms with Crippen LogP contribution in [0.2, 0.25) is 0 Å². The minimum absolute atomic E-state index is 0.00300. The Kier molecular flexibility index (Phi) is 5.56. The molecule has 0 amide bonds. The zero-order valence-electron chi connectivity index (χ0n) is 18.2. The first kappa shape index (κ1) is 21.7. The van der Waals surface area contributed by atoms with Crippen molar-refractivity contribution in [2.24, 2.45) is 21.3 Å². The molecule has 0 unspecified atom stereocenters. The number of benzene rings is 5. The number of phenols is 2. The number of fused-ring (bicyclic) bond motifs is 2. The number of hydrogen-bond acceptors (Lipinski definition) is 8. The Balaban J connectivity index is 1.96. The van der Waals surface area contributed by atoms with Crippen LogP contribution in [0.25, 0.3) is 21.5 Å². The molecule has 0 heterocycles. The first-order valence-electron chi connectivity index (χ1n) is 10.5. The molecule has 0 bridgehead atoms. The molecule has 0 saturated heterocycles. The van der Waals surface area contributed by atoms with Crippen molar-refractivity contribution in [1.29, 1.82) is 5.53 Å². The topological polar surface area (TPSA) is 146 Å². The molecule has 5 rings (SSSR count). The Labute approximate surface area is 199 Å². The van der Waals surface area contributed by atoms with E-state index in [2.05, 4.69) is 15.5 Å². The van der Waals surface area contributed by atoms with Gasteiger partial charge in [-0.1, -0.05) is 65.9 Å². The van der Waals surface area contributed by atoms with Crippen LogP contribution in [0.5, 0.6) is 34.5 Å². The summed E-state index contributed by atoms with van der Waals surface area (Å²) >= 11 is 0. The van der Waals surface area contributed by atoms with E-state index in [9.17, 15) is 10.2 Å². The van der Waals surface area contributed by atoms with E-state index in [0.717, 1.165) is 0 Å². The van der Waals surface area contributed by atoms with Gasteiger partial charge in [0, 0.05) is 10.8 Å². The predicted octanol–water partition coefficient (Wildman–Crippen LogP) is 7.61. The number of para-hydroxylation sites is 2. The number of phenolic OH excluding ortho intramolecular Hbond substituents is 2. The molecule has 0 saturated carbocycles. The average Bonchev–Trinajstić information content (AvgIpc) is 2.90. The summed E-state index contributed by atoms with van der Waals surface area (Å²) in [6, 6.07) is 24.4. The average molecular weight is 465 g/mol. The van der Waals surface area contributed by atoms with E-state index >= 15 is 0 Å². The maximum Gasteiger partial charge on any atom is 0.200 e. The third-order valence-corrected chi connectivity index (χ3v) is 5.47. The molecule has 5 N–H and O–H groups in total. The summed E-state index contributed by atoms with van der Waals surface area (Å²) < 4.78 is 12.3. The number of aromatic hydroxyl groups is 2. The first-order chi connectivity index (χ1) is 17.1. The maximum absolute atomic E-state index is 11.3. The minimum Gasteiger partial charge on any atom is -0.507 e.